The minimum Gasteiger partial charge on any atom is -0.490 e. The summed E-state index contributed by atoms with van der Waals surface area (Å²) in [5.41, 5.74) is 0. The summed E-state index contributed by atoms with van der Waals surface area (Å²) >= 11 is 3.88. The highest BCUT2D eigenvalue weighted by molar-refractivity contribution is 7.80. The van der Waals surface area contributed by atoms with Gasteiger partial charge in [0.15, 0.2) is 12.4 Å². The lowest BCUT2D eigenvalue weighted by molar-refractivity contribution is -0.114. The van der Waals surface area contributed by atoms with Gasteiger partial charge in [-0.25, -0.2) is 0 Å². The van der Waals surface area contributed by atoms with E-state index < -0.39 is 6.10 Å². The van der Waals surface area contributed by atoms with Crippen LogP contribution in [0.3, 0.4) is 0 Å². The number of hydrogen-bond acceptors (Lipinski definition) is 3. The van der Waals surface area contributed by atoms with Crippen LogP contribution in [-0.4, -0.2) is 18.1 Å². The average Bonchev–Trinajstić information content (AvgIpc) is 1.91. The van der Waals surface area contributed by atoms with Gasteiger partial charge >= 0.3 is 0 Å². The normalized spacial score (nSPS) is 13.6. The van der Waals surface area contributed by atoms with Gasteiger partial charge < -0.3 is 4.74 Å². The molecule has 2 nitrogen and oxygen atoms in total. The zero-order valence-electron chi connectivity index (χ0n) is 5.28. The number of ether oxygens (including phenoxy) is 1. The number of carbonyl (C=O) groups is 1. The molecule has 0 aliphatic rings. The van der Waals surface area contributed by atoms with Gasteiger partial charge in [0.2, 0.25) is 0 Å². The molecule has 9 heavy (non-hydrogen) atoms. The molecule has 0 heterocycles. The molecule has 0 aliphatic carbocycles. The molecule has 0 radical (unpaired) electrons. The summed E-state index contributed by atoms with van der Waals surface area (Å²) in [5.74, 6) is 0.424. The van der Waals surface area contributed by atoms with Gasteiger partial charge in [-0.3, -0.25) is 4.79 Å². The molecule has 0 aromatic carbocycles. The maximum atomic E-state index is 10.0. The van der Waals surface area contributed by atoms with Crippen molar-refractivity contribution in [3.05, 3.63) is 12.3 Å². The van der Waals surface area contributed by atoms with Gasteiger partial charge in [-0.15, -0.1) is 0 Å². The van der Waals surface area contributed by atoms with Crippen LogP contribution in [-0.2, 0) is 9.53 Å². The SMILES string of the molecule is CC=COC(C=O)CS. The van der Waals surface area contributed by atoms with E-state index in [2.05, 4.69) is 12.6 Å². The number of hydrogen-bond donors (Lipinski definition) is 1. The molecule has 0 aromatic heterocycles. The fourth-order valence-corrected chi connectivity index (χ4v) is 0.470. The Balaban J connectivity index is 3.42. The maximum absolute atomic E-state index is 10.0. The lowest BCUT2D eigenvalue weighted by Crippen LogP contribution is -2.12. The zero-order chi connectivity index (χ0) is 7.11. The second-order valence-electron chi connectivity index (χ2n) is 1.46. The molecule has 0 N–H and O–H groups in total. The number of carbonyl (C=O) groups excluding carboxylic acids is 1. The van der Waals surface area contributed by atoms with Crippen molar-refractivity contribution >= 4 is 18.9 Å². The molecule has 52 valence electrons. The minimum atomic E-state index is -0.399. The van der Waals surface area contributed by atoms with Crippen molar-refractivity contribution in [1.82, 2.24) is 0 Å². The smallest absolute Gasteiger partial charge is 0.161 e. The Kier molecular flexibility index (Phi) is 5.41. The fraction of sp³-hybridized carbons (Fsp3) is 0.500. The van der Waals surface area contributed by atoms with Gasteiger partial charge in [-0.2, -0.15) is 12.6 Å². The molecule has 1 atom stereocenters. The van der Waals surface area contributed by atoms with Gasteiger partial charge in [-0.05, 0) is 6.92 Å². The summed E-state index contributed by atoms with van der Waals surface area (Å²) in [4.78, 5) is 10.0. The molecule has 0 amide bonds. The quantitative estimate of drug-likeness (QED) is 0.364. The third-order valence-corrected chi connectivity index (χ3v) is 1.08. The van der Waals surface area contributed by atoms with Crippen LogP contribution < -0.4 is 0 Å². The first-order valence-electron chi connectivity index (χ1n) is 2.68. The van der Waals surface area contributed by atoms with Crippen molar-refractivity contribution in [2.75, 3.05) is 5.75 Å². The van der Waals surface area contributed by atoms with Crippen molar-refractivity contribution < 1.29 is 9.53 Å². The largest absolute Gasteiger partial charge is 0.490 e. The van der Waals surface area contributed by atoms with Crippen molar-refractivity contribution in [3.8, 4) is 0 Å². The summed E-state index contributed by atoms with van der Waals surface area (Å²) < 4.78 is 4.86. The van der Waals surface area contributed by atoms with E-state index in [0.717, 1.165) is 6.29 Å². The number of thiol groups is 1. The van der Waals surface area contributed by atoms with Crippen molar-refractivity contribution in [1.29, 1.82) is 0 Å². The van der Waals surface area contributed by atoms with E-state index in [1.54, 1.807) is 6.08 Å². The highest BCUT2D eigenvalue weighted by atomic mass is 32.1. The predicted octanol–water partition coefficient (Wildman–Crippen LogP) is 1.03. The molecule has 0 saturated carbocycles. The molecular formula is C6H10O2S. The Bertz CT molecular complexity index is 101. The van der Waals surface area contributed by atoms with Crippen LogP contribution in [0.2, 0.25) is 0 Å². The van der Waals surface area contributed by atoms with Crippen molar-refractivity contribution in [3.63, 3.8) is 0 Å². The van der Waals surface area contributed by atoms with E-state index >= 15 is 0 Å². The number of allylic oxidation sites excluding steroid dienone is 1. The Labute approximate surface area is 60.3 Å². The molecule has 0 saturated heterocycles. The second kappa shape index (κ2) is 5.69. The monoisotopic (exact) mass is 146 g/mol. The molecular weight excluding hydrogens is 136 g/mol. The Morgan fingerprint density at radius 1 is 1.78 bits per heavy atom. The lowest BCUT2D eigenvalue weighted by atomic mass is 10.5. The molecule has 0 fully saturated rings. The third-order valence-electron chi connectivity index (χ3n) is 0.721. The van der Waals surface area contributed by atoms with Gasteiger partial charge in [0, 0.05) is 5.75 Å². The van der Waals surface area contributed by atoms with Gasteiger partial charge in [0.05, 0.1) is 6.26 Å². The Hall–Kier alpha value is -0.440. The summed E-state index contributed by atoms with van der Waals surface area (Å²) in [6, 6.07) is 0. The van der Waals surface area contributed by atoms with E-state index in [1.807, 2.05) is 6.92 Å². The van der Waals surface area contributed by atoms with Crippen molar-refractivity contribution in [2.24, 2.45) is 0 Å². The summed E-state index contributed by atoms with van der Waals surface area (Å²) in [7, 11) is 0. The summed E-state index contributed by atoms with van der Waals surface area (Å²) in [5, 5.41) is 0. The molecule has 0 aliphatic heterocycles. The summed E-state index contributed by atoms with van der Waals surface area (Å²) in [6.07, 6.45) is 3.53. The highest BCUT2D eigenvalue weighted by Gasteiger charge is 1.99. The van der Waals surface area contributed by atoms with E-state index in [1.165, 1.54) is 6.26 Å². The maximum Gasteiger partial charge on any atom is 0.161 e. The fourth-order valence-electron chi connectivity index (χ4n) is 0.298. The third kappa shape index (κ3) is 4.09. The van der Waals surface area contributed by atoms with Gasteiger partial charge in [0.25, 0.3) is 0 Å². The van der Waals surface area contributed by atoms with E-state index in [0.29, 0.717) is 5.75 Å². The van der Waals surface area contributed by atoms with Crippen LogP contribution in [0, 0.1) is 0 Å². The second-order valence-corrected chi connectivity index (χ2v) is 1.83. The molecule has 1 unspecified atom stereocenters. The predicted molar refractivity (Wildman–Crippen MR) is 39.6 cm³/mol. The minimum absolute atomic E-state index is 0.399. The van der Waals surface area contributed by atoms with Gasteiger partial charge in [0.1, 0.15) is 0 Å². The van der Waals surface area contributed by atoms with Crippen LogP contribution in [0.15, 0.2) is 12.3 Å². The van der Waals surface area contributed by atoms with Crippen LogP contribution in [0.25, 0.3) is 0 Å². The highest BCUT2D eigenvalue weighted by Crippen LogP contribution is 1.91. The zero-order valence-corrected chi connectivity index (χ0v) is 6.17. The molecule has 3 heteroatoms. The van der Waals surface area contributed by atoms with E-state index in [9.17, 15) is 4.79 Å². The number of aldehydes is 1. The Morgan fingerprint density at radius 2 is 2.44 bits per heavy atom. The Morgan fingerprint density at radius 3 is 2.78 bits per heavy atom. The molecule has 0 rings (SSSR count). The lowest BCUT2D eigenvalue weighted by Gasteiger charge is -2.03. The summed E-state index contributed by atoms with van der Waals surface area (Å²) in [6.45, 7) is 1.82. The van der Waals surface area contributed by atoms with Crippen LogP contribution in [0.4, 0.5) is 0 Å². The molecule has 0 bridgehead atoms. The van der Waals surface area contributed by atoms with Crippen LogP contribution >= 0.6 is 12.6 Å². The van der Waals surface area contributed by atoms with Gasteiger partial charge in [-0.1, -0.05) is 6.08 Å². The van der Waals surface area contributed by atoms with E-state index in [4.69, 9.17) is 4.74 Å². The van der Waals surface area contributed by atoms with Crippen molar-refractivity contribution in [2.45, 2.75) is 13.0 Å². The average molecular weight is 146 g/mol. The van der Waals surface area contributed by atoms with Crippen LogP contribution in [0.5, 0.6) is 0 Å². The molecule has 0 aromatic rings. The first-order valence-corrected chi connectivity index (χ1v) is 3.31. The van der Waals surface area contributed by atoms with Crippen LogP contribution in [0.1, 0.15) is 6.92 Å². The number of rotatable bonds is 4. The topological polar surface area (TPSA) is 26.3 Å². The standard InChI is InChI=1S/C6H10O2S/c1-2-3-8-6(4-7)5-9/h2-4,6,9H,5H2,1H3. The molecule has 0 spiro atoms. The first-order chi connectivity index (χ1) is 4.35. The van der Waals surface area contributed by atoms with E-state index in [-0.39, 0.29) is 0 Å². The first kappa shape index (κ1) is 8.56.